The highest BCUT2D eigenvalue weighted by molar-refractivity contribution is 8.00. The number of hydrogen-bond acceptors (Lipinski definition) is 5. The highest BCUT2D eigenvalue weighted by Crippen LogP contribution is 2.37. The van der Waals surface area contributed by atoms with E-state index in [9.17, 15) is 9.59 Å². The van der Waals surface area contributed by atoms with Crippen LogP contribution in [0.15, 0.2) is 30.3 Å². The first-order valence-corrected chi connectivity index (χ1v) is 7.13. The molecule has 6 heteroatoms. The summed E-state index contributed by atoms with van der Waals surface area (Å²) in [5.74, 6) is 0.186. The van der Waals surface area contributed by atoms with E-state index in [1.165, 1.54) is 11.8 Å². The van der Waals surface area contributed by atoms with Crippen LogP contribution < -0.4 is 5.73 Å². The molecule has 3 atom stereocenters. The zero-order valence-electron chi connectivity index (χ0n) is 10.2. The minimum atomic E-state index is -0.527. The number of carbonyl (C=O) groups is 2. The van der Waals surface area contributed by atoms with Gasteiger partial charge < -0.3 is 15.4 Å². The fourth-order valence-electron chi connectivity index (χ4n) is 2.32. The summed E-state index contributed by atoms with van der Waals surface area (Å²) in [4.78, 5) is 25.1. The van der Waals surface area contributed by atoms with Gasteiger partial charge in [0.1, 0.15) is 12.6 Å². The van der Waals surface area contributed by atoms with Gasteiger partial charge in [0.25, 0.3) is 0 Å². The molecule has 0 spiro atoms. The van der Waals surface area contributed by atoms with Gasteiger partial charge in [-0.1, -0.05) is 30.3 Å². The SMILES string of the molecule is N[C@@H]1C(=O)N2C(C(=O)OCc3ccccc3)SCC12. The van der Waals surface area contributed by atoms with Crippen LogP contribution in [-0.4, -0.2) is 40.0 Å². The van der Waals surface area contributed by atoms with Crippen LogP contribution in [0.1, 0.15) is 5.56 Å². The molecular formula is C13H14N2O3S. The van der Waals surface area contributed by atoms with Gasteiger partial charge in [-0.15, -0.1) is 11.8 Å². The Morgan fingerprint density at radius 3 is 2.89 bits per heavy atom. The first-order chi connectivity index (χ1) is 9.18. The van der Waals surface area contributed by atoms with Crippen molar-refractivity contribution >= 4 is 23.6 Å². The summed E-state index contributed by atoms with van der Waals surface area (Å²) in [6, 6.07) is 9.02. The lowest BCUT2D eigenvalue weighted by Crippen LogP contribution is -2.69. The van der Waals surface area contributed by atoms with Crippen LogP contribution in [0.25, 0.3) is 0 Å². The number of amides is 1. The Bertz CT molecular complexity index is 508. The van der Waals surface area contributed by atoms with Crippen molar-refractivity contribution < 1.29 is 14.3 Å². The van der Waals surface area contributed by atoms with Crippen LogP contribution in [0.4, 0.5) is 0 Å². The molecule has 19 heavy (non-hydrogen) atoms. The highest BCUT2D eigenvalue weighted by Gasteiger charge is 2.55. The second kappa shape index (κ2) is 4.86. The number of rotatable bonds is 3. The predicted octanol–water partition coefficient (Wildman–Crippen LogP) is 0.341. The Morgan fingerprint density at radius 2 is 2.16 bits per heavy atom. The number of carbonyl (C=O) groups excluding carboxylic acids is 2. The predicted molar refractivity (Wildman–Crippen MR) is 71.1 cm³/mol. The molecule has 1 amide bonds. The summed E-state index contributed by atoms with van der Waals surface area (Å²) < 4.78 is 5.25. The molecule has 2 unspecified atom stereocenters. The van der Waals surface area contributed by atoms with E-state index in [0.717, 1.165) is 5.56 Å². The summed E-state index contributed by atoms with van der Waals surface area (Å²) in [6.45, 7) is 0.232. The molecule has 2 saturated heterocycles. The molecule has 0 aliphatic carbocycles. The van der Waals surface area contributed by atoms with Gasteiger partial charge in [-0.3, -0.25) is 4.79 Å². The van der Waals surface area contributed by atoms with Crippen molar-refractivity contribution in [3.63, 3.8) is 0 Å². The number of hydrogen-bond donors (Lipinski definition) is 1. The smallest absolute Gasteiger partial charge is 0.339 e. The average Bonchev–Trinajstić information content (AvgIpc) is 2.86. The van der Waals surface area contributed by atoms with E-state index in [1.54, 1.807) is 4.90 Å². The summed E-state index contributed by atoms with van der Waals surface area (Å²) >= 11 is 1.42. The van der Waals surface area contributed by atoms with Crippen LogP contribution >= 0.6 is 11.8 Å². The number of benzene rings is 1. The molecule has 100 valence electrons. The lowest BCUT2D eigenvalue weighted by molar-refractivity contribution is -0.160. The molecule has 2 aliphatic heterocycles. The molecule has 0 radical (unpaired) electrons. The largest absolute Gasteiger partial charge is 0.459 e. The molecule has 2 fully saturated rings. The lowest BCUT2D eigenvalue weighted by Gasteiger charge is -2.41. The van der Waals surface area contributed by atoms with Crippen LogP contribution in [0.5, 0.6) is 0 Å². The van der Waals surface area contributed by atoms with Gasteiger partial charge >= 0.3 is 5.97 Å². The number of esters is 1. The average molecular weight is 278 g/mol. The molecule has 1 aromatic rings. The maximum atomic E-state index is 12.0. The summed E-state index contributed by atoms with van der Waals surface area (Å²) in [7, 11) is 0. The van der Waals surface area contributed by atoms with Gasteiger partial charge in [-0.2, -0.15) is 0 Å². The third-order valence-corrected chi connectivity index (χ3v) is 4.68. The molecule has 0 bridgehead atoms. The fraction of sp³-hybridized carbons (Fsp3) is 0.385. The minimum Gasteiger partial charge on any atom is -0.459 e. The van der Waals surface area contributed by atoms with E-state index in [2.05, 4.69) is 0 Å². The van der Waals surface area contributed by atoms with Crippen molar-refractivity contribution in [2.24, 2.45) is 5.73 Å². The molecule has 1 aromatic carbocycles. The van der Waals surface area contributed by atoms with Crippen LogP contribution in [0.3, 0.4) is 0 Å². The molecule has 0 aromatic heterocycles. The Balaban J connectivity index is 1.58. The Labute approximate surface area is 115 Å². The lowest BCUT2D eigenvalue weighted by atomic mass is 9.98. The standard InChI is InChI=1S/C13H14N2O3S/c14-10-9-7-19-12(15(9)11(10)16)13(17)18-6-8-4-2-1-3-5-8/h1-5,9-10,12H,6-7,14H2/t9?,10-,12?/m0/s1. The molecule has 5 nitrogen and oxygen atoms in total. The normalized spacial score (nSPS) is 28.8. The molecule has 0 saturated carbocycles. The van der Waals surface area contributed by atoms with Crippen molar-refractivity contribution in [3.05, 3.63) is 35.9 Å². The second-order valence-corrected chi connectivity index (χ2v) is 5.73. The molecule has 2 aliphatic rings. The van der Waals surface area contributed by atoms with Gasteiger partial charge in [-0.05, 0) is 5.56 Å². The monoisotopic (exact) mass is 278 g/mol. The van der Waals surface area contributed by atoms with Gasteiger partial charge in [0.2, 0.25) is 5.91 Å². The number of fused-ring (bicyclic) bond motifs is 1. The third kappa shape index (κ3) is 2.11. The molecular weight excluding hydrogens is 264 g/mol. The van der Waals surface area contributed by atoms with Crippen molar-refractivity contribution in [2.45, 2.75) is 24.1 Å². The van der Waals surface area contributed by atoms with Crippen LogP contribution in [0, 0.1) is 0 Å². The Kier molecular flexibility index (Phi) is 3.20. The second-order valence-electron chi connectivity index (χ2n) is 4.62. The number of nitrogens with zero attached hydrogens (tertiary/aromatic N) is 1. The van der Waals surface area contributed by atoms with Crippen molar-refractivity contribution in [1.82, 2.24) is 4.90 Å². The van der Waals surface area contributed by atoms with E-state index in [4.69, 9.17) is 10.5 Å². The summed E-state index contributed by atoms with van der Waals surface area (Å²) in [6.07, 6.45) is 0. The molecule has 2 N–H and O–H groups in total. The van der Waals surface area contributed by atoms with Gasteiger partial charge in [0.05, 0.1) is 6.04 Å². The molecule has 2 heterocycles. The minimum absolute atomic E-state index is 0.00762. The number of thioether (sulfide) groups is 1. The van der Waals surface area contributed by atoms with E-state index < -0.39 is 11.4 Å². The van der Waals surface area contributed by atoms with Crippen molar-refractivity contribution in [1.29, 1.82) is 0 Å². The summed E-state index contributed by atoms with van der Waals surface area (Å²) in [5.41, 5.74) is 6.61. The van der Waals surface area contributed by atoms with Crippen LogP contribution in [-0.2, 0) is 20.9 Å². The van der Waals surface area contributed by atoms with Crippen LogP contribution in [0.2, 0.25) is 0 Å². The first-order valence-electron chi connectivity index (χ1n) is 6.08. The maximum Gasteiger partial charge on any atom is 0.339 e. The topological polar surface area (TPSA) is 72.6 Å². The zero-order valence-corrected chi connectivity index (χ0v) is 11.0. The van der Waals surface area contributed by atoms with Gasteiger partial charge in [0, 0.05) is 5.75 Å². The first kappa shape index (κ1) is 12.5. The number of β-lactam (4-membered cyclic amide) rings is 1. The Hall–Kier alpha value is -1.53. The Morgan fingerprint density at radius 1 is 1.42 bits per heavy atom. The van der Waals surface area contributed by atoms with Crippen molar-refractivity contribution in [2.75, 3.05) is 5.75 Å². The van der Waals surface area contributed by atoms with Gasteiger partial charge in [-0.25, -0.2) is 4.79 Å². The van der Waals surface area contributed by atoms with E-state index in [-0.39, 0.29) is 24.5 Å². The maximum absolute atomic E-state index is 12.0. The number of nitrogens with two attached hydrogens (primary N) is 1. The third-order valence-electron chi connectivity index (χ3n) is 3.41. The summed E-state index contributed by atoms with van der Waals surface area (Å²) in [5, 5.41) is -0.527. The van der Waals surface area contributed by atoms with E-state index in [1.807, 2.05) is 30.3 Å². The fourth-order valence-corrected chi connectivity index (χ4v) is 3.69. The van der Waals surface area contributed by atoms with Crippen molar-refractivity contribution in [3.8, 4) is 0 Å². The quantitative estimate of drug-likeness (QED) is 0.637. The number of ether oxygens (including phenoxy) is 1. The van der Waals surface area contributed by atoms with Gasteiger partial charge in [0.15, 0.2) is 5.37 Å². The zero-order chi connectivity index (χ0) is 13.4. The van der Waals surface area contributed by atoms with E-state index >= 15 is 0 Å². The highest BCUT2D eigenvalue weighted by atomic mass is 32.2. The van der Waals surface area contributed by atoms with E-state index in [0.29, 0.717) is 5.75 Å². The molecule has 3 rings (SSSR count).